The zero-order valence-corrected chi connectivity index (χ0v) is 14.1. The molecule has 0 aromatic heterocycles. The minimum atomic E-state index is -0.189. The Balaban J connectivity index is 1.91. The predicted molar refractivity (Wildman–Crippen MR) is 92.7 cm³/mol. The summed E-state index contributed by atoms with van der Waals surface area (Å²) in [6.07, 6.45) is 1.88. The number of carbonyl (C=O) groups is 3. The summed E-state index contributed by atoms with van der Waals surface area (Å²) in [7, 11) is 0. The molecule has 0 radical (unpaired) electrons. The molecule has 0 saturated carbocycles. The van der Waals surface area contributed by atoms with E-state index in [2.05, 4.69) is 16.0 Å². The average Bonchev–Trinajstić information content (AvgIpc) is 2.48. The van der Waals surface area contributed by atoms with Crippen LogP contribution < -0.4 is 16.0 Å². The molecular weight excluding hydrogens is 308 g/mol. The number of nitrogens with one attached hydrogen (secondary N) is 3. The first-order valence-corrected chi connectivity index (χ1v) is 8.10. The van der Waals surface area contributed by atoms with Crippen molar-refractivity contribution < 1.29 is 14.4 Å². The maximum absolute atomic E-state index is 12.3. The van der Waals surface area contributed by atoms with E-state index in [0.717, 1.165) is 19.4 Å². The van der Waals surface area contributed by atoms with Gasteiger partial charge in [-0.15, -0.1) is 0 Å². The molecule has 3 amide bonds. The molecule has 1 atom stereocenters. The summed E-state index contributed by atoms with van der Waals surface area (Å²) < 4.78 is 0. The van der Waals surface area contributed by atoms with Gasteiger partial charge in [-0.2, -0.15) is 0 Å². The van der Waals surface area contributed by atoms with E-state index in [0.29, 0.717) is 17.9 Å². The van der Waals surface area contributed by atoms with Crippen LogP contribution in [-0.2, 0) is 14.4 Å². The van der Waals surface area contributed by atoms with Gasteiger partial charge in [0.2, 0.25) is 17.7 Å². The van der Waals surface area contributed by atoms with Gasteiger partial charge in [-0.3, -0.25) is 19.3 Å². The number of hydrogen-bond donors (Lipinski definition) is 3. The van der Waals surface area contributed by atoms with Crippen molar-refractivity contribution in [2.24, 2.45) is 0 Å². The minimum Gasteiger partial charge on any atom is -0.352 e. The highest BCUT2D eigenvalue weighted by molar-refractivity contribution is 5.99. The van der Waals surface area contributed by atoms with Crippen LogP contribution in [0.15, 0.2) is 24.3 Å². The Labute approximate surface area is 141 Å². The van der Waals surface area contributed by atoms with Crippen molar-refractivity contribution in [3.63, 3.8) is 0 Å². The number of piperidine rings is 1. The number of nitrogens with zero attached hydrogens (tertiary/aromatic N) is 1. The predicted octanol–water partition coefficient (Wildman–Crippen LogP) is 1.18. The van der Waals surface area contributed by atoms with Crippen LogP contribution in [0.25, 0.3) is 0 Å². The summed E-state index contributed by atoms with van der Waals surface area (Å²) in [6.45, 7) is 4.68. The number of amides is 3. The Kier molecular flexibility index (Phi) is 6.31. The molecular formula is C17H24N4O3. The lowest BCUT2D eigenvalue weighted by Gasteiger charge is -2.32. The van der Waals surface area contributed by atoms with Gasteiger partial charge >= 0.3 is 0 Å². The summed E-state index contributed by atoms with van der Waals surface area (Å²) in [6, 6.07) is 7.18. The van der Waals surface area contributed by atoms with E-state index in [9.17, 15) is 14.4 Å². The van der Waals surface area contributed by atoms with Gasteiger partial charge in [0.05, 0.1) is 17.9 Å². The summed E-state index contributed by atoms with van der Waals surface area (Å²) in [5.41, 5.74) is 1.15. The minimum absolute atomic E-state index is 0.0458. The molecule has 2 rings (SSSR count). The quantitative estimate of drug-likeness (QED) is 0.755. The largest absolute Gasteiger partial charge is 0.352 e. The number of para-hydroxylation sites is 2. The lowest BCUT2D eigenvalue weighted by molar-refractivity contribution is -0.120. The standard InChI is InChI=1S/C17H24N4O3/c1-12(22)18-14-6-5-9-21(10-14)11-17(24)20-16-8-4-3-7-15(16)19-13(2)23/h3-4,7-8,14H,5-6,9-11H2,1-2H3,(H,18,22)(H,19,23)(H,20,24). The first kappa shape index (κ1) is 17.9. The number of benzene rings is 1. The molecule has 1 heterocycles. The number of likely N-dealkylation sites (tertiary alicyclic amines) is 1. The summed E-state index contributed by atoms with van der Waals surface area (Å²) in [4.78, 5) is 36.7. The van der Waals surface area contributed by atoms with Gasteiger partial charge in [0.1, 0.15) is 0 Å². The first-order valence-electron chi connectivity index (χ1n) is 8.10. The van der Waals surface area contributed by atoms with Crippen LogP contribution in [0.4, 0.5) is 11.4 Å². The molecule has 0 spiro atoms. The highest BCUT2D eigenvalue weighted by atomic mass is 16.2. The molecule has 24 heavy (non-hydrogen) atoms. The number of anilines is 2. The van der Waals surface area contributed by atoms with Crippen LogP contribution >= 0.6 is 0 Å². The van der Waals surface area contributed by atoms with Crippen LogP contribution in [0.5, 0.6) is 0 Å². The van der Waals surface area contributed by atoms with Crippen LogP contribution in [0.2, 0.25) is 0 Å². The van der Waals surface area contributed by atoms with E-state index >= 15 is 0 Å². The van der Waals surface area contributed by atoms with Crippen molar-refractivity contribution in [2.45, 2.75) is 32.7 Å². The third-order valence-electron chi connectivity index (χ3n) is 3.79. The van der Waals surface area contributed by atoms with Crippen molar-refractivity contribution in [3.8, 4) is 0 Å². The Morgan fingerprint density at radius 3 is 2.38 bits per heavy atom. The highest BCUT2D eigenvalue weighted by Crippen LogP contribution is 2.21. The molecule has 1 aromatic rings. The second kappa shape index (κ2) is 8.44. The Morgan fingerprint density at radius 1 is 1.08 bits per heavy atom. The van der Waals surface area contributed by atoms with Crippen molar-refractivity contribution in [1.29, 1.82) is 0 Å². The Morgan fingerprint density at radius 2 is 1.75 bits per heavy atom. The molecule has 1 aliphatic heterocycles. The molecule has 7 nitrogen and oxygen atoms in total. The first-order chi connectivity index (χ1) is 11.4. The van der Waals surface area contributed by atoms with E-state index in [4.69, 9.17) is 0 Å². The van der Waals surface area contributed by atoms with Crippen LogP contribution in [-0.4, -0.2) is 48.3 Å². The normalized spacial score (nSPS) is 17.8. The fraction of sp³-hybridized carbons (Fsp3) is 0.471. The maximum atomic E-state index is 12.3. The van der Waals surface area contributed by atoms with Gasteiger partial charge in [0, 0.05) is 26.4 Å². The number of rotatable bonds is 5. The third kappa shape index (κ3) is 5.66. The van der Waals surface area contributed by atoms with E-state index in [1.807, 2.05) is 4.90 Å². The van der Waals surface area contributed by atoms with Gasteiger partial charge in [0.25, 0.3) is 0 Å². The molecule has 1 aromatic carbocycles. The second-order valence-corrected chi connectivity index (χ2v) is 6.05. The van der Waals surface area contributed by atoms with E-state index in [-0.39, 0.29) is 30.3 Å². The molecule has 3 N–H and O–H groups in total. The summed E-state index contributed by atoms with van der Waals surface area (Å²) >= 11 is 0. The van der Waals surface area contributed by atoms with Gasteiger partial charge < -0.3 is 16.0 Å². The smallest absolute Gasteiger partial charge is 0.238 e. The van der Waals surface area contributed by atoms with Gasteiger partial charge in [-0.1, -0.05) is 12.1 Å². The molecule has 1 fully saturated rings. The molecule has 130 valence electrons. The van der Waals surface area contributed by atoms with Gasteiger partial charge in [-0.05, 0) is 31.5 Å². The zero-order chi connectivity index (χ0) is 17.5. The monoisotopic (exact) mass is 332 g/mol. The molecule has 7 heteroatoms. The molecule has 0 aliphatic carbocycles. The second-order valence-electron chi connectivity index (χ2n) is 6.05. The fourth-order valence-corrected chi connectivity index (χ4v) is 2.89. The average molecular weight is 332 g/mol. The molecule has 1 saturated heterocycles. The Bertz CT molecular complexity index is 618. The summed E-state index contributed by atoms with van der Waals surface area (Å²) in [5, 5.41) is 8.44. The van der Waals surface area contributed by atoms with E-state index in [1.54, 1.807) is 24.3 Å². The van der Waals surface area contributed by atoms with Crippen molar-refractivity contribution in [3.05, 3.63) is 24.3 Å². The number of hydrogen-bond acceptors (Lipinski definition) is 4. The number of carbonyl (C=O) groups excluding carboxylic acids is 3. The van der Waals surface area contributed by atoms with Crippen LogP contribution in [0.1, 0.15) is 26.7 Å². The van der Waals surface area contributed by atoms with Crippen molar-refractivity contribution in [2.75, 3.05) is 30.3 Å². The third-order valence-corrected chi connectivity index (χ3v) is 3.79. The summed E-state index contributed by atoms with van der Waals surface area (Å²) in [5.74, 6) is -0.377. The maximum Gasteiger partial charge on any atom is 0.238 e. The van der Waals surface area contributed by atoms with Crippen molar-refractivity contribution >= 4 is 29.1 Å². The highest BCUT2D eigenvalue weighted by Gasteiger charge is 2.22. The molecule has 1 unspecified atom stereocenters. The van der Waals surface area contributed by atoms with E-state index in [1.165, 1.54) is 13.8 Å². The van der Waals surface area contributed by atoms with E-state index < -0.39 is 0 Å². The van der Waals surface area contributed by atoms with Crippen LogP contribution in [0.3, 0.4) is 0 Å². The Hall–Kier alpha value is -2.41. The van der Waals surface area contributed by atoms with Gasteiger partial charge in [0.15, 0.2) is 0 Å². The molecule has 0 bridgehead atoms. The fourth-order valence-electron chi connectivity index (χ4n) is 2.89. The SMILES string of the molecule is CC(=O)Nc1ccccc1NC(=O)CN1CCCC(NC(C)=O)C1. The lowest BCUT2D eigenvalue weighted by Crippen LogP contribution is -2.49. The topological polar surface area (TPSA) is 90.5 Å². The lowest BCUT2D eigenvalue weighted by atomic mass is 10.1. The van der Waals surface area contributed by atoms with Gasteiger partial charge in [-0.25, -0.2) is 0 Å². The van der Waals surface area contributed by atoms with Crippen LogP contribution in [0, 0.1) is 0 Å². The zero-order valence-electron chi connectivity index (χ0n) is 14.1. The van der Waals surface area contributed by atoms with Crippen molar-refractivity contribution in [1.82, 2.24) is 10.2 Å². The molecule has 1 aliphatic rings.